The summed E-state index contributed by atoms with van der Waals surface area (Å²) in [5.74, 6) is -4.19. The van der Waals surface area contributed by atoms with Gasteiger partial charge in [-0.2, -0.15) is 0 Å². The van der Waals surface area contributed by atoms with Crippen LogP contribution < -0.4 is 9.79 Å². The molecule has 4 aliphatic rings. The van der Waals surface area contributed by atoms with E-state index in [9.17, 15) is 39.3 Å². The average molecular weight is 464 g/mol. The van der Waals surface area contributed by atoms with Gasteiger partial charge in [0.15, 0.2) is 12.2 Å². The van der Waals surface area contributed by atoms with Gasteiger partial charge in [-0.15, -0.1) is 0 Å². The lowest BCUT2D eigenvalue weighted by Gasteiger charge is -2.26. The molecule has 2 unspecified atom stereocenters. The third kappa shape index (κ3) is 3.63. The predicted octanol–water partition coefficient (Wildman–Crippen LogP) is -4.33. The second-order valence-electron chi connectivity index (χ2n) is 6.90. The van der Waals surface area contributed by atoms with E-state index in [-0.39, 0.29) is 13.2 Å². The summed E-state index contributed by atoms with van der Waals surface area (Å²) in [5.41, 5.74) is 0. The highest BCUT2D eigenvalue weighted by atomic mass is 31.2. The zero-order valence-corrected chi connectivity index (χ0v) is 16.3. The highest BCUT2D eigenvalue weighted by molar-refractivity contribution is 7.46. The van der Waals surface area contributed by atoms with Gasteiger partial charge >= 0.3 is 0 Å². The highest BCUT2D eigenvalue weighted by Crippen LogP contribution is 2.59. The van der Waals surface area contributed by atoms with Gasteiger partial charge in [-0.3, -0.25) is 18.2 Å². The topological polar surface area (TPSA) is 226 Å². The first-order valence-corrected chi connectivity index (χ1v) is 11.3. The Morgan fingerprint density at radius 3 is 1.52 bits per heavy atom. The molecule has 4 N–H and O–H groups in total. The summed E-state index contributed by atoms with van der Waals surface area (Å²) >= 11 is 0. The maximum absolute atomic E-state index is 11.4. The molecule has 10 atom stereocenters. The first-order valence-electron chi connectivity index (χ1n) is 8.38. The zero-order valence-electron chi connectivity index (χ0n) is 14.5. The molecule has 0 aliphatic carbocycles. The predicted molar refractivity (Wildman–Crippen MR) is 79.3 cm³/mol. The molecule has 0 saturated carbocycles. The molecule has 168 valence electrons. The van der Waals surface area contributed by atoms with E-state index in [0.717, 1.165) is 0 Å². The van der Waals surface area contributed by atoms with Crippen molar-refractivity contribution in [3.8, 4) is 0 Å². The molecule has 0 amide bonds. The van der Waals surface area contributed by atoms with Gasteiger partial charge in [0.1, 0.15) is 37.6 Å². The van der Waals surface area contributed by atoms with Gasteiger partial charge in [-0.1, -0.05) is 0 Å². The Kier molecular flexibility index (Phi) is 5.53. The number of ether oxygens (including phenoxy) is 3. The van der Waals surface area contributed by atoms with Crippen molar-refractivity contribution in [3.63, 3.8) is 0 Å². The minimum atomic E-state index is -4.74. The lowest BCUT2D eigenvalue weighted by molar-refractivity contribution is -0.252. The van der Waals surface area contributed by atoms with Crippen molar-refractivity contribution >= 4 is 15.6 Å². The van der Waals surface area contributed by atoms with Crippen LogP contribution >= 0.6 is 15.6 Å². The molecule has 4 aliphatic heterocycles. The summed E-state index contributed by atoms with van der Waals surface area (Å²) in [4.78, 5) is 22.8. The molecule has 0 bridgehead atoms. The van der Waals surface area contributed by atoms with E-state index in [1.165, 1.54) is 0 Å². The normalized spacial score (nSPS) is 56.6. The maximum Gasteiger partial charge on any atom is 0.271 e. The Morgan fingerprint density at radius 1 is 0.828 bits per heavy atom. The minimum absolute atomic E-state index is 0.361. The largest absolute Gasteiger partial charge is 0.756 e. The van der Waals surface area contributed by atoms with E-state index in [1.807, 2.05) is 0 Å². The van der Waals surface area contributed by atoms with Crippen molar-refractivity contribution < 1.29 is 71.6 Å². The third-order valence-electron chi connectivity index (χ3n) is 4.97. The van der Waals surface area contributed by atoms with Crippen molar-refractivity contribution in [2.24, 2.45) is 0 Å². The first-order chi connectivity index (χ1) is 13.5. The summed E-state index contributed by atoms with van der Waals surface area (Å²) in [7, 11) is -9.48. The number of hydrogen-bond donors (Lipinski definition) is 4. The second-order valence-corrected chi connectivity index (χ2v) is 9.48. The van der Waals surface area contributed by atoms with Crippen LogP contribution in [0.25, 0.3) is 0 Å². The van der Waals surface area contributed by atoms with Crippen molar-refractivity contribution in [3.05, 3.63) is 0 Å². The number of aliphatic hydroxyl groups excluding tert-OH is 4. The van der Waals surface area contributed by atoms with Gasteiger partial charge in [-0.25, -0.2) is 0 Å². The first kappa shape index (κ1) is 22.1. The summed E-state index contributed by atoms with van der Waals surface area (Å²) in [6.45, 7) is -2.54. The number of phosphoric ester groups is 2. The summed E-state index contributed by atoms with van der Waals surface area (Å²) in [5, 5.41) is 39.2. The Bertz CT molecular complexity index is 689. The monoisotopic (exact) mass is 464 g/mol. The van der Waals surface area contributed by atoms with E-state index in [1.54, 1.807) is 0 Å². The van der Waals surface area contributed by atoms with Crippen molar-refractivity contribution in [2.75, 3.05) is 26.4 Å². The molecular formula is C12H18O15P2-2. The van der Waals surface area contributed by atoms with E-state index in [4.69, 9.17) is 14.2 Å². The van der Waals surface area contributed by atoms with Crippen LogP contribution in [0.5, 0.6) is 0 Å². The van der Waals surface area contributed by atoms with E-state index in [0.29, 0.717) is 0 Å². The summed E-state index contributed by atoms with van der Waals surface area (Å²) in [6.07, 6.45) is -8.37. The van der Waals surface area contributed by atoms with Crippen LogP contribution in [-0.2, 0) is 41.4 Å². The quantitative estimate of drug-likeness (QED) is 0.273. The summed E-state index contributed by atoms with van der Waals surface area (Å²) in [6, 6.07) is 0. The Hall–Kier alpha value is -0.0600. The van der Waals surface area contributed by atoms with Crippen LogP contribution in [0.1, 0.15) is 0 Å². The molecule has 0 radical (unpaired) electrons. The highest BCUT2D eigenvalue weighted by Gasteiger charge is 2.65. The lowest BCUT2D eigenvalue weighted by atomic mass is 10.1. The van der Waals surface area contributed by atoms with E-state index >= 15 is 0 Å². The maximum atomic E-state index is 11.4. The summed E-state index contributed by atoms with van der Waals surface area (Å²) < 4.78 is 57.1. The number of phosphoric acid groups is 2. The smallest absolute Gasteiger partial charge is 0.271 e. The third-order valence-corrected chi connectivity index (χ3v) is 7.01. The van der Waals surface area contributed by atoms with Gasteiger partial charge in [-0.05, 0) is 0 Å². The van der Waals surface area contributed by atoms with Crippen LogP contribution in [0.4, 0.5) is 0 Å². The van der Waals surface area contributed by atoms with Gasteiger partial charge in [0.25, 0.3) is 15.6 Å². The van der Waals surface area contributed by atoms with Crippen LogP contribution in [0.2, 0.25) is 0 Å². The van der Waals surface area contributed by atoms with Crippen molar-refractivity contribution in [1.29, 1.82) is 0 Å². The van der Waals surface area contributed by atoms with Gasteiger partial charge in [0, 0.05) is 0 Å². The zero-order chi connectivity index (χ0) is 21.2. The molecule has 4 heterocycles. The molecule has 0 aromatic heterocycles. The number of rotatable bonds is 6. The molecule has 0 aromatic carbocycles. The molecule has 29 heavy (non-hydrogen) atoms. The van der Waals surface area contributed by atoms with Gasteiger partial charge in [0.2, 0.25) is 11.6 Å². The fourth-order valence-corrected chi connectivity index (χ4v) is 6.09. The molecular weight excluding hydrogens is 446 g/mol. The van der Waals surface area contributed by atoms with Crippen LogP contribution in [0.3, 0.4) is 0 Å². The Balaban J connectivity index is 1.34. The number of fused-ring (bicyclic) bond motifs is 2. The fourth-order valence-electron chi connectivity index (χ4n) is 3.71. The molecule has 4 fully saturated rings. The average Bonchev–Trinajstić information content (AvgIpc) is 3.24. The Labute approximate surface area is 162 Å². The Morgan fingerprint density at radius 2 is 1.21 bits per heavy atom. The second kappa shape index (κ2) is 7.24. The van der Waals surface area contributed by atoms with Crippen LogP contribution in [0, 0.1) is 0 Å². The molecule has 17 heteroatoms. The van der Waals surface area contributed by atoms with Crippen LogP contribution in [0.15, 0.2) is 0 Å². The standard InChI is InChI=1S/C12H20O15P2/c13-3-11-9(24-28(17,18)26-11)7(15)5(22-11)1-21-2-6-8(16)10-12(4-14,23-6)27-29(19,20)25-10/h5-10,13-16H,1-4H2,(H,17,18)(H,19,20)/p-2/t5-,6-,7-,8-,9+,10+,11+,12+/m1/s1. The fraction of sp³-hybridized carbons (Fsp3) is 1.00. The molecule has 4 saturated heterocycles. The molecule has 15 nitrogen and oxygen atoms in total. The molecule has 4 rings (SSSR count). The van der Waals surface area contributed by atoms with Crippen molar-refractivity contribution in [2.45, 2.75) is 48.2 Å². The van der Waals surface area contributed by atoms with Crippen LogP contribution in [-0.4, -0.2) is 95.1 Å². The SMILES string of the molecule is O=P1([O-])O[C@H]2[C@H](O)[C@@H](COC[C@H]3O[C@@]4(CO)OP(=O)([O-])O[C@H]4[C@@H]3O)O[C@@]2(CO)O1. The van der Waals surface area contributed by atoms with Gasteiger partial charge in [0.05, 0.1) is 13.2 Å². The van der Waals surface area contributed by atoms with Gasteiger partial charge < -0.3 is 53.5 Å². The van der Waals surface area contributed by atoms with E-state index < -0.39 is 77.1 Å². The molecule has 0 aromatic rings. The lowest BCUT2D eigenvalue weighted by Crippen LogP contribution is -2.43. The van der Waals surface area contributed by atoms with Crippen molar-refractivity contribution in [1.82, 2.24) is 0 Å². The minimum Gasteiger partial charge on any atom is -0.756 e. The van der Waals surface area contributed by atoms with E-state index in [2.05, 4.69) is 18.1 Å². The molecule has 0 spiro atoms. The number of aliphatic hydroxyl groups is 4. The number of hydrogen-bond acceptors (Lipinski definition) is 15.